The van der Waals surface area contributed by atoms with Crippen LogP contribution in [0.15, 0.2) is 33.0 Å². The predicted molar refractivity (Wildman–Crippen MR) is 143 cm³/mol. The summed E-state index contributed by atoms with van der Waals surface area (Å²) in [5.74, 6) is 1.87. The van der Waals surface area contributed by atoms with Crippen molar-refractivity contribution in [3.05, 3.63) is 33.4 Å². The van der Waals surface area contributed by atoms with Crippen molar-refractivity contribution in [1.82, 2.24) is 5.32 Å². The summed E-state index contributed by atoms with van der Waals surface area (Å²) in [6, 6.07) is 7.29. The summed E-state index contributed by atoms with van der Waals surface area (Å²) in [5, 5.41) is 49.3. The van der Waals surface area contributed by atoms with E-state index in [4.69, 9.17) is 10.7 Å². The largest absolute Gasteiger partial charge is 0.762 e. The normalized spacial score (nSPS) is 14.9. The monoisotopic (exact) mass is 484 g/mol. The first kappa shape index (κ1) is 30.4. The summed E-state index contributed by atoms with van der Waals surface area (Å²) in [6.45, 7) is 2.75. The van der Waals surface area contributed by atoms with Gasteiger partial charge in [0.25, 0.3) is 0 Å². The molecule has 0 unspecified atom stereocenters. The molecule has 0 saturated heterocycles. The number of hydrogen-bond acceptors (Lipinski definition) is 5. The van der Waals surface area contributed by atoms with E-state index < -0.39 is 5.57 Å². The van der Waals surface area contributed by atoms with E-state index in [-0.39, 0.29) is 28.3 Å². The smallest absolute Gasteiger partial charge is 0.145 e. The van der Waals surface area contributed by atoms with E-state index >= 15 is 0 Å². The highest BCUT2D eigenvalue weighted by molar-refractivity contribution is 6.09. The third-order valence-corrected chi connectivity index (χ3v) is 6.32. The lowest BCUT2D eigenvalue weighted by atomic mass is 10.0. The first-order chi connectivity index (χ1) is 17.7. The molecular weight excluding hydrogens is 446 g/mol. The number of amidine groups is 1. The highest BCUT2D eigenvalue weighted by Crippen LogP contribution is 2.26. The second kappa shape index (κ2) is 19.6. The maximum absolute atomic E-state index is 9.48. The molecule has 7 nitrogen and oxygen atoms in total. The minimum Gasteiger partial charge on any atom is -0.762 e. The number of nitriles is 4. The number of allylic oxidation sites excluding steroid dienone is 3. The van der Waals surface area contributed by atoms with Crippen LogP contribution in [-0.4, -0.2) is 18.3 Å². The van der Waals surface area contributed by atoms with Crippen molar-refractivity contribution < 1.29 is 0 Å². The Morgan fingerprint density at radius 1 is 0.694 bits per heavy atom. The van der Waals surface area contributed by atoms with Crippen LogP contribution in [0.5, 0.6) is 0 Å². The lowest BCUT2D eigenvalue weighted by Gasteiger charge is -2.05. The topological polar surface area (TPSA) is 142 Å². The third kappa shape index (κ3) is 10.7. The maximum atomic E-state index is 9.48. The molecule has 0 fully saturated rings. The average molecular weight is 485 g/mol. The molecule has 1 aliphatic rings. The summed E-state index contributed by atoms with van der Waals surface area (Å²) < 4.78 is 0. The lowest BCUT2D eigenvalue weighted by molar-refractivity contribution is 0.530. The molecule has 0 saturated carbocycles. The molecular formula is C29H38N7-. The Kier molecular flexibility index (Phi) is 16.6. The van der Waals surface area contributed by atoms with E-state index in [0.29, 0.717) is 6.54 Å². The molecule has 0 aromatic heterocycles. The standard InChI is InChI=1S/C29H38N7/c1-2-3-4-5-6-7-8-9-10-11-12-13-14-15-16-17-18-35-29-27(23-34)26(22-33)28(36-29)25(21-32)24(19-30)20-31/h2-18H2,1H3,(H,35,36)/q-1/b28-25-. The van der Waals surface area contributed by atoms with Gasteiger partial charge in [0.15, 0.2) is 0 Å². The van der Waals surface area contributed by atoms with E-state index in [0.717, 1.165) is 19.3 Å². The zero-order valence-corrected chi connectivity index (χ0v) is 21.7. The van der Waals surface area contributed by atoms with Gasteiger partial charge in [0.05, 0.1) is 16.8 Å². The number of rotatable bonds is 18. The van der Waals surface area contributed by atoms with Crippen LogP contribution < -0.4 is 5.32 Å². The van der Waals surface area contributed by atoms with Gasteiger partial charge in [-0.1, -0.05) is 103 Å². The molecule has 1 N–H and O–H groups in total. The minimum atomic E-state index is -0.413. The number of hydrogen-bond donors (Lipinski definition) is 1. The first-order valence-corrected chi connectivity index (χ1v) is 13.4. The van der Waals surface area contributed by atoms with Crippen LogP contribution in [0.25, 0.3) is 5.41 Å². The van der Waals surface area contributed by atoms with Crippen molar-refractivity contribution >= 4 is 11.7 Å². The van der Waals surface area contributed by atoms with E-state index in [9.17, 15) is 15.8 Å². The van der Waals surface area contributed by atoms with Gasteiger partial charge < -0.3 is 10.7 Å². The molecule has 0 radical (unpaired) electrons. The Labute approximate surface area is 217 Å². The van der Waals surface area contributed by atoms with E-state index in [1.807, 2.05) is 12.1 Å². The lowest BCUT2D eigenvalue weighted by Crippen LogP contribution is -2.19. The number of aliphatic imine (C=N–C) groups is 1. The minimum absolute atomic E-state index is 0.000346. The van der Waals surface area contributed by atoms with Gasteiger partial charge in [-0.3, -0.25) is 4.99 Å². The van der Waals surface area contributed by atoms with Crippen LogP contribution >= 0.6 is 0 Å². The highest BCUT2D eigenvalue weighted by atomic mass is 15.0. The maximum Gasteiger partial charge on any atom is 0.145 e. The fourth-order valence-electron chi connectivity index (χ4n) is 4.24. The van der Waals surface area contributed by atoms with Gasteiger partial charge in [0.1, 0.15) is 41.3 Å². The van der Waals surface area contributed by atoms with Crippen LogP contribution in [0, 0.1) is 45.3 Å². The molecule has 1 heterocycles. The average Bonchev–Trinajstić information content (AvgIpc) is 3.25. The quantitative estimate of drug-likeness (QED) is 0.126. The number of nitrogens with one attached hydrogen (secondary N) is 1. The van der Waals surface area contributed by atoms with Gasteiger partial charge in [0.2, 0.25) is 0 Å². The van der Waals surface area contributed by atoms with Crippen molar-refractivity contribution in [2.24, 2.45) is 4.99 Å². The van der Waals surface area contributed by atoms with Crippen molar-refractivity contribution in [3.63, 3.8) is 0 Å². The molecule has 1 rings (SSSR count). The van der Waals surface area contributed by atoms with Crippen molar-refractivity contribution in [2.45, 2.75) is 110 Å². The van der Waals surface area contributed by atoms with E-state index in [1.165, 1.54) is 83.5 Å². The van der Waals surface area contributed by atoms with Crippen LogP contribution in [-0.2, 0) is 0 Å². The highest BCUT2D eigenvalue weighted by Gasteiger charge is 2.29. The summed E-state index contributed by atoms with van der Waals surface area (Å²) >= 11 is 0. The molecule has 0 aliphatic carbocycles. The molecule has 0 spiro atoms. The van der Waals surface area contributed by atoms with Crippen molar-refractivity contribution in [2.75, 3.05) is 6.54 Å². The second-order valence-electron chi connectivity index (χ2n) is 9.09. The molecule has 0 bridgehead atoms. The van der Waals surface area contributed by atoms with E-state index in [1.54, 1.807) is 18.0 Å². The fourth-order valence-corrected chi connectivity index (χ4v) is 4.24. The summed E-state index contributed by atoms with van der Waals surface area (Å²) in [7, 11) is 0. The predicted octanol–water partition coefficient (Wildman–Crippen LogP) is 7.06. The van der Waals surface area contributed by atoms with E-state index in [2.05, 4.69) is 17.2 Å². The Morgan fingerprint density at radius 2 is 1.17 bits per heavy atom. The first-order valence-electron chi connectivity index (χ1n) is 13.4. The van der Waals surface area contributed by atoms with Crippen LogP contribution in [0.3, 0.4) is 0 Å². The zero-order valence-electron chi connectivity index (χ0n) is 21.7. The van der Waals surface area contributed by atoms with Crippen LogP contribution in [0.2, 0.25) is 0 Å². The van der Waals surface area contributed by atoms with Crippen molar-refractivity contribution in [1.29, 1.82) is 21.0 Å². The Hall–Kier alpha value is -3.64. The zero-order chi connectivity index (χ0) is 26.4. The number of unbranched alkanes of at least 4 members (excludes halogenated alkanes) is 15. The number of nitrogens with zero attached hydrogens (tertiary/aromatic N) is 6. The Bertz CT molecular complexity index is 1010. The van der Waals surface area contributed by atoms with Gasteiger partial charge in [-0.25, -0.2) is 5.87 Å². The molecule has 0 amide bonds. The third-order valence-electron chi connectivity index (χ3n) is 6.32. The Morgan fingerprint density at radius 3 is 1.56 bits per heavy atom. The van der Waals surface area contributed by atoms with Gasteiger partial charge >= 0.3 is 0 Å². The molecule has 1 aliphatic heterocycles. The van der Waals surface area contributed by atoms with Crippen LogP contribution in [0.1, 0.15) is 110 Å². The molecule has 190 valence electrons. The Balaban J connectivity index is 2.30. The molecule has 0 aromatic rings. The van der Waals surface area contributed by atoms with Gasteiger partial charge in [-0.15, -0.1) is 0 Å². The molecule has 36 heavy (non-hydrogen) atoms. The van der Waals surface area contributed by atoms with Gasteiger partial charge in [-0.05, 0) is 6.42 Å². The van der Waals surface area contributed by atoms with Crippen molar-refractivity contribution in [3.8, 4) is 24.3 Å². The molecule has 0 atom stereocenters. The van der Waals surface area contributed by atoms with Crippen LogP contribution in [0.4, 0.5) is 0 Å². The van der Waals surface area contributed by atoms with Gasteiger partial charge in [0, 0.05) is 6.54 Å². The summed E-state index contributed by atoms with van der Waals surface area (Å²) in [6.07, 6.45) is 20.6. The second-order valence-corrected chi connectivity index (χ2v) is 9.09. The SMILES string of the molecule is CCCCCCCCCCCCCCCCCCN=C1N/C(=C(/C#N)C(=C=[N-])C#N)C(C#N)=C1C#N. The van der Waals surface area contributed by atoms with Gasteiger partial charge in [-0.2, -0.15) is 21.0 Å². The fraction of sp³-hybridized carbons (Fsp3) is 0.621. The summed E-state index contributed by atoms with van der Waals surface area (Å²) in [4.78, 5) is 4.41. The summed E-state index contributed by atoms with van der Waals surface area (Å²) in [5.41, 5.74) is -0.698. The molecule has 7 heteroatoms. The molecule has 0 aromatic carbocycles.